The van der Waals surface area contributed by atoms with Crippen LogP contribution >= 0.6 is 0 Å². The number of halogens is 1. The second kappa shape index (κ2) is 9.62. The predicted octanol–water partition coefficient (Wildman–Crippen LogP) is 2.73. The van der Waals surface area contributed by atoms with E-state index in [4.69, 9.17) is 5.73 Å². The molecule has 0 aliphatic carbocycles. The third kappa shape index (κ3) is 5.19. The molecule has 2 amide bonds. The van der Waals surface area contributed by atoms with Gasteiger partial charge in [0, 0.05) is 37.4 Å². The largest absolute Gasteiger partial charge is 0.324 e. The summed E-state index contributed by atoms with van der Waals surface area (Å²) in [7, 11) is 0. The Hall–Kier alpha value is -2.77. The van der Waals surface area contributed by atoms with E-state index in [-0.39, 0.29) is 24.2 Å². The lowest BCUT2D eigenvalue weighted by Crippen LogP contribution is -2.52. The zero-order valence-corrected chi connectivity index (χ0v) is 16.7. The Labute approximate surface area is 170 Å². The summed E-state index contributed by atoms with van der Waals surface area (Å²) in [6.07, 6.45) is 0. The molecule has 1 saturated heterocycles. The van der Waals surface area contributed by atoms with Gasteiger partial charge in [-0.25, -0.2) is 9.18 Å². The van der Waals surface area contributed by atoms with Crippen LogP contribution in [-0.4, -0.2) is 60.9 Å². The normalized spacial score (nSPS) is 14.7. The standard InChI is InChI=1S/C22H27FN4O2/c1-2-25-11-13-26(14-12-25)22(29)27(20-9-7-19(23)8-10-20)16-17-3-5-18(6-4-17)21(28)15-24/h3-10H,2,11-16,24H2,1H3. The van der Waals surface area contributed by atoms with Gasteiger partial charge in [0.05, 0.1) is 13.1 Å². The van der Waals surface area contributed by atoms with Crippen molar-refractivity contribution in [3.8, 4) is 0 Å². The number of anilines is 1. The van der Waals surface area contributed by atoms with Crippen molar-refractivity contribution in [3.05, 3.63) is 65.5 Å². The van der Waals surface area contributed by atoms with Crippen LogP contribution in [0.4, 0.5) is 14.9 Å². The van der Waals surface area contributed by atoms with Gasteiger partial charge in [0.15, 0.2) is 5.78 Å². The molecule has 6 nitrogen and oxygen atoms in total. The predicted molar refractivity (Wildman–Crippen MR) is 111 cm³/mol. The second-order valence-corrected chi connectivity index (χ2v) is 7.09. The summed E-state index contributed by atoms with van der Waals surface area (Å²) < 4.78 is 13.4. The number of rotatable bonds is 6. The highest BCUT2D eigenvalue weighted by Gasteiger charge is 2.26. The quantitative estimate of drug-likeness (QED) is 0.760. The molecule has 1 fully saturated rings. The molecule has 2 aromatic rings. The lowest BCUT2D eigenvalue weighted by molar-refractivity contribution is 0.100. The first kappa shape index (κ1) is 21.0. The van der Waals surface area contributed by atoms with E-state index in [0.717, 1.165) is 25.2 Å². The number of amides is 2. The van der Waals surface area contributed by atoms with Gasteiger partial charge in [-0.15, -0.1) is 0 Å². The first-order chi connectivity index (χ1) is 14.0. The number of piperazine rings is 1. The summed E-state index contributed by atoms with van der Waals surface area (Å²) in [5, 5.41) is 0. The molecule has 29 heavy (non-hydrogen) atoms. The van der Waals surface area contributed by atoms with E-state index >= 15 is 0 Å². The smallest absolute Gasteiger partial charge is 0.324 e. The lowest BCUT2D eigenvalue weighted by Gasteiger charge is -2.37. The molecule has 7 heteroatoms. The minimum atomic E-state index is -0.345. The fraction of sp³-hybridized carbons (Fsp3) is 0.364. The Balaban J connectivity index is 1.80. The number of nitrogens with zero attached hydrogens (tertiary/aromatic N) is 3. The highest BCUT2D eigenvalue weighted by Crippen LogP contribution is 2.21. The Morgan fingerprint density at radius 1 is 1.00 bits per heavy atom. The van der Waals surface area contributed by atoms with Gasteiger partial charge < -0.3 is 15.5 Å². The number of urea groups is 1. The zero-order valence-electron chi connectivity index (χ0n) is 16.7. The van der Waals surface area contributed by atoms with Gasteiger partial charge in [0.2, 0.25) is 0 Å². The van der Waals surface area contributed by atoms with Gasteiger partial charge in [-0.3, -0.25) is 9.69 Å². The Morgan fingerprint density at radius 3 is 2.17 bits per heavy atom. The van der Waals surface area contributed by atoms with Crippen LogP contribution in [0.3, 0.4) is 0 Å². The van der Waals surface area contributed by atoms with Gasteiger partial charge in [-0.2, -0.15) is 0 Å². The van der Waals surface area contributed by atoms with Crippen molar-refractivity contribution < 1.29 is 14.0 Å². The van der Waals surface area contributed by atoms with Crippen LogP contribution in [-0.2, 0) is 6.54 Å². The molecular weight excluding hydrogens is 371 g/mol. The van der Waals surface area contributed by atoms with E-state index in [0.29, 0.717) is 30.9 Å². The van der Waals surface area contributed by atoms with Crippen LogP contribution in [0.15, 0.2) is 48.5 Å². The number of benzene rings is 2. The van der Waals surface area contributed by atoms with Crippen molar-refractivity contribution in [3.63, 3.8) is 0 Å². The highest BCUT2D eigenvalue weighted by atomic mass is 19.1. The lowest BCUT2D eigenvalue weighted by atomic mass is 10.1. The summed E-state index contributed by atoms with van der Waals surface area (Å²) in [6, 6.07) is 12.9. The summed E-state index contributed by atoms with van der Waals surface area (Å²) in [5.41, 5.74) is 7.47. The molecule has 1 heterocycles. The molecule has 3 rings (SSSR count). The molecular formula is C22H27FN4O2. The van der Waals surface area contributed by atoms with Crippen molar-refractivity contribution in [2.24, 2.45) is 5.73 Å². The number of carbonyl (C=O) groups excluding carboxylic acids is 2. The Bertz CT molecular complexity index is 831. The molecule has 0 saturated carbocycles. The van der Waals surface area contributed by atoms with Crippen molar-refractivity contribution in [2.45, 2.75) is 13.5 Å². The SMILES string of the molecule is CCN1CCN(C(=O)N(Cc2ccc(C(=O)CN)cc2)c2ccc(F)cc2)CC1. The Morgan fingerprint density at radius 2 is 1.62 bits per heavy atom. The molecule has 0 bridgehead atoms. The van der Waals surface area contributed by atoms with Crippen LogP contribution in [0.2, 0.25) is 0 Å². The van der Waals surface area contributed by atoms with Gasteiger partial charge in [0.25, 0.3) is 0 Å². The molecule has 0 unspecified atom stereocenters. The van der Waals surface area contributed by atoms with Crippen molar-refractivity contribution >= 4 is 17.5 Å². The number of Topliss-reactive ketones (excluding diaryl/α,β-unsaturated/α-hetero) is 1. The van der Waals surface area contributed by atoms with E-state index in [1.54, 1.807) is 29.2 Å². The number of nitrogens with two attached hydrogens (primary N) is 1. The Kier molecular flexibility index (Phi) is 6.95. The minimum absolute atomic E-state index is 0.0384. The first-order valence-corrected chi connectivity index (χ1v) is 9.88. The summed E-state index contributed by atoms with van der Waals surface area (Å²) >= 11 is 0. The number of carbonyl (C=O) groups is 2. The van der Waals surface area contributed by atoms with Gasteiger partial charge in [0.1, 0.15) is 5.82 Å². The molecule has 1 aliphatic rings. The van der Waals surface area contributed by atoms with E-state index < -0.39 is 0 Å². The van der Waals surface area contributed by atoms with Crippen LogP contribution in [0.5, 0.6) is 0 Å². The van der Waals surface area contributed by atoms with Crippen molar-refractivity contribution in [1.29, 1.82) is 0 Å². The number of ketones is 1. The topological polar surface area (TPSA) is 69.9 Å². The van der Waals surface area contributed by atoms with Gasteiger partial charge >= 0.3 is 6.03 Å². The summed E-state index contributed by atoms with van der Waals surface area (Å²) in [4.78, 5) is 30.8. The van der Waals surface area contributed by atoms with E-state index in [2.05, 4.69) is 11.8 Å². The van der Waals surface area contributed by atoms with Gasteiger partial charge in [-0.1, -0.05) is 31.2 Å². The summed E-state index contributed by atoms with van der Waals surface area (Å²) in [6.45, 7) is 6.38. The van der Waals surface area contributed by atoms with Crippen LogP contribution in [0, 0.1) is 5.82 Å². The van der Waals surface area contributed by atoms with Crippen LogP contribution in [0.25, 0.3) is 0 Å². The highest BCUT2D eigenvalue weighted by molar-refractivity contribution is 5.97. The average Bonchev–Trinajstić information content (AvgIpc) is 2.77. The first-order valence-electron chi connectivity index (χ1n) is 9.88. The van der Waals surface area contributed by atoms with E-state index in [1.165, 1.54) is 12.1 Å². The van der Waals surface area contributed by atoms with E-state index in [1.807, 2.05) is 17.0 Å². The van der Waals surface area contributed by atoms with Gasteiger partial charge in [-0.05, 0) is 36.4 Å². The van der Waals surface area contributed by atoms with Crippen LogP contribution < -0.4 is 10.6 Å². The number of likely N-dealkylation sites (N-methyl/N-ethyl adjacent to an activating group) is 1. The fourth-order valence-corrected chi connectivity index (χ4v) is 3.41. The van der Waals surface area contributed by atoms with Crippen LogP contribution in [0.1, 0.15) is 22.8 Å². The third-order valence-electron chi connectivity index (χ3n) is 5.26. The second-order valence-electron chi connectivity index (χ2n) is 7.09. The van der Waals surface area contributed by atoms with Crippen molar-refractivity contribution in [2.75, 3.05) is 44.2 Å². The fourth-order valence-electron chi connectivity index (χ4n) is 3.41. The zero-order chi connectivity index (χ0) is 20.8. The van der Waals surface area contributed by atoms with Crippen molar-refractivity contribution in [1.82, 2.24) is 9.80 Å². The van der Waals surface area contributed by atoms with E-state index in [9.17, 15) is 14.0 Å². The molecule has 0 radical (unpaired) electrons. The maximum atomic E-state index is 13.4. The maximum absolute atomic E-state index is 13.4. The molecule has 2 N–H and O–H groups in total. The monoisotopic (exact) mass is 398 g/mol. The minimum Gasteiger partial charge on any atom is -0.324 e. The molecule has 0 aromatic heterocycles. The number of hydrogen-bond donors (Lipinski definition) is 1. The third-order valence-corrected chi connectivity index (χ3v) is 5.26. The molecule has 1 aliphatic heterocycles. The molecule has 2 aromatic carbocycles. The molecule has 154 valence electrons. The molecule has 0 atom stereocenters. The number of hydrogen-bond acceptors (Lipinski definition) is 4. The maximum Gasteiger partial charge on any atom is 0.324 e. The summed E-state index contributed by atoms with van der Waals surface area (Å²) in [5.74, 6) is -0.473. The molecule has 0 spiro atoms. The average molecular weight is 398 g/mol.